The molecule has 1 amide bonds. The Balaban J connectivity index is 2.88. The molecule has 20 heavy (non-hydrogen) atoms. The van der Waals surface area contributed by atoms with Crippen molar-refractivity contribution in [1.29, 1.82) is 5.26 Å². The summed E-state index contributed by atoms with van der Waals surface area (Å²) in [5, 5.41) is 11.8. The summed E-state index contributed by atoms with van der Waals surface area (Å²) in [4.78, 5) is 23.9. The molecule has 0 unspecified atom stereocenters. The van der Waals surface area contributed by atoms with Crippen molar-refractivity contribution in [1.82, 2.24) is 0 Å². The minimum atomic E-state index is -1.35. The number of nitrogens with zero attached hydrogens (tertiary/aromatic N) is 1. The third-order valence-corrected chi connectivity index (χ3v) is 3.94. The maximum absolute atomic E-state index is 12.0. The number of Topliss-reactive ketones (excluding diaryl/α,β-unsaturated/α-hetero) is 1. The number of rotatable bonds is 5. The van der Waals surface area contributed by atoms with E-state index in [0.29, 0.717) is 15.7 Å². The lowest BCUT2D eigenvalue weighted by atomic mass is 10.0. The molecule has 0 spiro atoms. The zero-order valence-corrected chi connectivity index (χ0v) is 13.1. The first-order valence-electron chi connectivity index (χ1n) is 5.62. The van der Waals surface area contributed by atoms with Gasteiger partial charge >= 0.3 is 0 Å². The fraction of sp³-hybridized carbons (Fsp3) is 0.308. The number of hydrogen-bond acceptors (Lipinski definition) is 4. The molecule has 4 nitrogen and oxygen atoms in total. The van der Waals surface area contributed by atoms with E-state index in [1.807, 2.05) is 0 Å². The first-order valence-corrected chi connectivity index (χ1v) is 7.66. The van der Waals surface area contributed by atoms with Crippen molar-refractivity contribution in [3.63, 3.8) is 0 Å². The lowest BCUT2D eigenvalue weighted by Gasteiger charge is -2.13. The average Bonchev–Trinajstić information content (AvgIpc) is 2.37. The molecule has 0 aromatic heterocycles. The van der Waals surface area contributed by atoms with Gasteiger partial charge in [0.15, 0.2) is 11.7 Å². The number of ketones is 1. The first-order chi connectivity index (χ1) is 9.38. The van der Waals surface area contributed by atoms with Crippen LogP contribution < -0.4 is 5.32 Å². The first kappa shape index (κ1) is 16.8. The zero-order chi connectivity index (χ0) is 15.3. The van der Waals surface area contributed by atoms with Gasteiger partial charge in [-0.25, -0.2) is 0 Å². The molecule has 1 rings (SSSR count). The fourth-order valence-corrected chi connectivity index (χ4v) is 2.34. The number of nitriles is 1. The van der Waals surface area contributed by atoms with Crippen molar-refractivity contribution in [2.24, 2.45) is 5.92 Å². The van der Waals surface area contributed by atoms with Crippen LogP contribution in [0.5, 0.6) is 0 Å². The number of carbonyl (C=O) groups excluding carboxylic acids is 2. The van der Waals surface area contributed by atoms with Gasteiger partial charge in [-0.1, -0.05) is 23.2 Å². The third-order valence-electron chi connectivity index (χ3n) is 2.56. The van der Waals surface area contributed by atoms with Crippen LogP contribution in [0.1, 0.15) is 6.92 Å². The number of carbonyl (C=O) groups is 2. The summed E-state index contributed by atoms with van der Waals surface area (Å²) in [5.41, 5.74) is 0.345. The molecule has 106 valence electrons. The molecule has 0 bridgehead atoms. The van der Waals surface area contributed by atoms with Gasteiger partial charge < -0.3 is 5.32 Å². The predicted molar refractivity (Wildman–Crippen MR) is 82.2 cm³/mol. The van der Waals surface area contributed by atoms with Crippen molar-refractivity contribution in [2.45, 2.75) is 12.2 Å². The van der Waals surface area contributed by atoms with Gasteiger partial charge in [0.2, 0.25) is 5.91 Å². The molecule has 2 atom stereocenters. The lowest BCUT2D eigenvalue weighted by Crippen LogP contribution is -2.33. The van der Waals surface area contributed by atoms with Crippen LogP contribution in [0.25, 0.3) is 0 Å². The standard InChI is InChI=1S/C13H12Cl2N2O2S/c1-7(20-2)12(18)11(6-16)13(19)17-10-4-8(14)3-9(15)5-10/h3-5,7,11H,1-2H3,(H,17,19)/t7-,11+/m1/s1. The van der Waals surface area contributed by atoms with Crippen LogP contribution in [0.3, 0.4) is 0 Å². The van der Waals surface area contributed by atoms with Gasteiger partial charge in [-0.05, 0) is 31.4 Å². The molecule has 0 saturated heterocycles. The van der Waals surface area contributed by atoms with E-state index in [1.165, 1.54) is 30.0 Å². The second-order valence-corrected chi connectivity index (χ2v) is 6.04. The Morgan fingerprint density at radius 2 is 1.85 bits per heavy atom. The van der Waals surface area contributed by atoms with Gasteiger partial charge in [0, 0.05) is 15.7 Å². The lowest BCUT2D eigenvalue weighted by molar-refractivity contribution is -0.128. The largest absolute Gasteiger partial charge is 0.324 e. The summed E-state index contributed by atoms with van der Waals surface area (Å²) in [6, 6.07) is 6.22. The van der Waals surface area contributed by atoms with E-state index in [0.717, 1.165) is 0 Å². The molecular weight excluding hydrogens is 319 g/mol. The molecule has 0 saturated carbocycles. The second-order valence-electron chi connectivity index (χ2n) is 3.99. The van der Waals surface area contributed by atoms with Gasteiger partial charge in [-0.2, -0.15) is 17.0 Å². The average molecular weight is 331 g/mol. The predicted octanol–water partition coefficient (Wildman–Crippen LogP) is 3.39. The Morgan fingerprint density at radius 3 is 2.30 bits per heavy atom. The normalized spacial score (nSPS) is 13.2. The molecule has 0 fully saturated rings. The number of hydrogen-bond donors (Lipinski definition) is 1. The minimum Gasteiger partial charge on any atom is -0.324 e. The maximum atomic E-state index is 12.0. The summed E-state index contributed by atoms with van der Waals surface area (Å²) in [6.07, 6.45) is 1.74. The molecule has 1 aromatic carbocycles. The van der Waals surface area contributed by atoms with E-state index < -0.39 is 22.9 Å². The van der Waals surface area contributed by atoms with Crippen LogP contribution in [0.2, 0.25) is 10.0 Å². The van der Waals surface area contributed by atoms with Crippen molar-refractivity contribution in [3.05, 3.63) is 28.2 Å². The topological polar surface area (TPSA) is 70.0 Å². The molecule has 1 N–H and O–H groups in total. The SMILES string of the molecule is CS[C@H](C)C(=O)[C@H](C#N)C(=O)Nc1cc(Cl)cc(Cl)c1. The molecule has 0 radical (unpaired) electrons. The van der Waals surface area contributed by atoms with Gasteiger partial charge in [-0.3, -0.25) is 9.59 Å². The Bertz CT molecular complexity index is 552. The van der Waals surface area contributed by atoms with E-state index in [-0.39, 0.29) is 0 Å². The molecule has 1 aromatic rings. The van der Waals surface area contributed by atoms with E-state index in [1.54, 1.807) is 19.2 Å². The van der Waals surface area contributed by atoms with Gasteiger partial charge in [0.25, 0.3) is 0 Å². The molecule has 0 aliphatic carbocycles. The van der Waals surface area contributed by atoms with Crippen molar-refractivity contribution in [3.8, 4) is 6.07 Å². The van der Waals surface area contributed by atoms with E-state index in [2.05, 4.69) is 5.32 Å². The van der Waals surface area contributed by atoms with Crippen LogP contribution in [0, 0.1) is 17.2 Å². The monoisotopic (exact) mass is 330 g/mol. The van der Waals surface area contributed by atoms with Gasteiger partial charge in [0.1, 0.15) is 0 Å². The Hall–Kier alpha value is -1.22. The molecule has 0 aliphatic heterocycles. The van der Waals surface area contributed by atoms with Gasteiger partial charge in [-0.15, -0.1) is 0 Å². The van der Waals surface area contributed by atoms with Crippen LogP contribution >= 0.6 is 35.0 Å². The second kappa shape index (κ2) is 7.53. The highest BCUT2D eigenvalue weighted by Crippen LogP contribution is 2.23. The summed E-state index contributed by atoms with van der Waals surface area (Å²) in [6.45, 7) is 1.65. The van der Waals surface area contributed by atoms with Crippen LogP contribution in [0.15, 0.2) is 18.2 Å². The fourth-order valence-electron chi connectivity index (χ4n) is 1.44. The quantitative estimate of drug-likeness (QED) is 0.840. The van der Waals surface area contributed by atoms with Crippen LogP contribution in [0.4, 0.5) is 5.69 Å². The van der Waals surface area contributed by atoms with Crippen LogP contribution in [-0.2, 0) is 9.59 Å². The number of thioether (sulfide) groups is 1. The van der Waals surface area contributed by atoms with Crippen molar-refractivity contribution < 1.29 is 9.59 Å². The van der Waals surface area contributed by atoms with Crippen molar-refractivity contribution in [2.75, 3.05) is 11.6 Å². The van der Waals surface area contributed by atoms with Gasteiger partial charge in [0.05, 0.1) is 11.3 Å². The number of halogens is 2. The Labute approximate surface area is 131 Å². The highest BCUT2D eigenvalue weighted by molar-refractivity contribution is 7.99. The number of anilines is 1. The summed E-state index contributed by atoms with van der Waals surface area (Å²) in [7, 11) is 0. The number of nitrogens with one attached hydrogen (secondary N) is 1. The Morgan fingerprint density at radius 1 is 1.30 bits per heavy atom. The summed E-state index contributed by atoms with van der Waals surface area (Å²) < 4.78 is 0. The van der Waals surface area contributed by atoms with E-state index in [4.69, 9.17) is 28.5 Å². The summed E-state index contributed by atoms with van der Waals surface area (Å²) >= 11 is 12.9. The molecular formula is C13H12Cl2N2O2S. The Kier molecular flexibility index (Phi) is 6.34. The number of amides is 1. The zero-order valence-electron chi connectivity index (χ0n) is 10.8. The summed E-state index contributed by atoms with van der Waals surface area (Å²) in [5.74, 6) is -2.46. The smallest absolute Gasteiger partial charge is 0.249 e. The maximum Gasteiger partial charge on any atom is 0.249 e. The van der Waals surface area contributed by atoms with Crippen molar-refractivity contribution >= 4 is 52.3 Å². The molecule has 0 heterocycles. The highest BCUT2D eigenvalue weighted by atomic mass is 35.5. The third kappa shape index (κ3) is 4.41. The molecule has 0 aliphatic rings. The van der Waals surface area contributed by atoms with Crippen LogP contribution in [-0.4, -0.2) is 23.2 Å². The minimum absolute atomic E-state index is 0.345. The highest BCUT2D eigenvalue weighted by Gasteiger charge is 2.30. The number of benzene rings is 1. The van der Waals surface area contributed by atoms with E-state index in [9.17, 15) is 9.59 Å². The molecule has 7 heteroatoms. The van der Waals surface area contributed by atoms with E-state index >= 15 is 0 Å².